The summed E-state index contributed by atoms with van der Waals surface area (Å²) in [4.78, 5) is 0. The highest BCUT2D eigenvalue weighted by atomic mass is 14.3. The second-order valence-electron chi connectivity index (χ2n) is 4.91. The highest BCUT2D eigenvalue weighted by Gasteiger charge is 2.25. The second kappa shape index (κ2) is 5.67. The van der Waals surface area contributed by atoms with E-state index < -0.39 is 0 Å². The van der Waals surface area contributed by atoms with E-state index in [9.17, 15) is 0 Å². The maximum atomic E-state index is 2.61. The predicted octanol–water partition coefficient (Wildman–Crippen LogP) is 4.74. The Morgan fingerprint density at radius 2 is 1.77 bits per heavy atom. The van der Waals surface area contributed by atoms with Gasteiger partial charge in [0, 0.05) is 0 Å². The van der Waals surface area contributed by atoms with Gasteiger partial charge < -0.3 is 0 Å². The Morgan fingerprint density at radius 3 is 2.38 bits per heavy atom. The average Bonchev–Trinajstić information content (AvgIpc) is 2.14. The first kappa shape index (κ1) is 11.1. The summed E-state index contributed by atoms with van der Waals surface area (Å²) in [5.41, 5.74) is 0.603. The molecule has 0 atom stereocenters. The Balaban J connectivity index is 2.10. The van der Waals surface area contributed by atoms with E-state index in [2.05, 4.69) is 20.3 Å². The fraction of sp³-hybridized carbons (Fsp3) is 0.923. The molecule has 13 heavy (non-hydrogen) atoms. The van der Waals surface area contributed by atoms with E-state index in [-0.39, 0.29) is 0 Å². The van der Waals surface area contributed by atoms with Crippen LogP contribution in [0.25, 0.3) is 0 Å². The summed E-state index contributed by atoms with van der Waals surface area (Å²) >= 11 is 0. The van der Waals surface area contributed by atoms with Gasteiger partial charge in [0.1, 0.15) is 0 Å². The van der Waals surface area contributed by atoms with Crippen LogP contribution in [0.3, 0.4) is 0 Å². The van der Waals surface area contributed by atoms with Gasteiger partial charge in [0.15, 0.2) is 0 Å². The van der Waals surface area contributed by atoms with Crippen LogP contribution >= 0.6 is 0 Å². The molecule has 0 heterocycles. The van der Waals surface area contributed by atoms with E-state index in [0.717, 1.165) is 0 Å². The minimum atomic E-state index is 0.603. The van der Waals surface area contributed by atoms with Gasteiger partial charge in [0.25, 0.3) is 0 Å². The van der Waals surface area contributed by atoms with Gasteiger partial charge in [-0.2, -0.15) is 0 Å². The van der Waals surface area contributed by atoms with Gasteiger partial charge in [0.2, 0.25) is 0 Å². The molecule has 0 bridgehead atoms. The van der Waals surface area contributed by atoms with E-state index in [1.54, 1.807) is 0 Å². The molecule has 1 aliphatic carbocycles. The van der Waals surface area contributed by atoms with Crippen LogP contribution in [-0.4, -0.2) is 0 Å². The monoisotopic (exact) mass is 181 g/mol. The third-order valence-corrected chi connectivity index (χ3v) is 3.44. The van der Waals surface area contributed by atoms with Crippen LogP contribution in [0, 0.1) is 11.8 Å². The highest BCUT2D eigenvalue weighted by molar-refractivity contribution is 4.90. The summed E-state index contributed by atoms with van der Waals surface area (Å²) in [5.74, 6) is 0. The smallest absolute Gasteiger partial charge is 0.0295 e. The van der Waals surface area contributed by atoms with Crippen LogP contribution in [-0.2, 0) is 0 Å². The standard InChI is InChI=1S/C13H25/c1-3-4-5-7-10-13(2)11-8-6-9-12-13/h10H,3-9,11-12H2,1-2H3. The maximum absolute atomic E-state index is 2.61. The fourth-order valence-corrected chi connectivity index (χ4v) is 2.41. The molecule has 0 heteroatoms. The molecule has 1 fully saturated rings. The molecule has 1 saturated carbocycles. The molecule has 0 spiro atoms. The highest BCUT2D eigenvalue weighted by Crippen LogP contribution is 2.39. The molecular weight excluding hydrogens is 156 g/mol. The molecule has 0 aromatic rings. The molecule has 0 nitrogen and oxygen atoms in total. The third-order valence-electron chi connectivity index (χ3n) is 3.44. The summed E-state index contributed by atoms with van der Waals surface area (Å²) in [6.45, 7) is 4.74. The van der Waals surface area contributed by atoms with Gasteiger partial charge >= 0.3 is 0 Å². The van der Waals surface area contributed by atoms with Crippen molar-refractivity contribution in [1.29, 1.82) is 0 Å². The Morgan fingerprint density at radius 1 is 1.08 bits per heavy atom. The quantitative estimate of drug-likeness (QED) is 0.537. The summed E-state index contributed by atoms with van der Waals surface area (Å²) in [5, 5.41) is 0. The minimum Gasteiger partial charge on any atom is -0.0654 e. The Hall–Kier alpha value is 0. The first-order chi connectivity index (χ1) is 6.27. The summed E-state index contributed by atoms with van der Waals surface area (Å²) < 4.78 is 0. The molecule has 0 aromatic heterocycles. The van der Waals surface area contributed by atoms with Crippen molar-refractivity contribution in [3.63, 3.8) is 0 Å². The summed E-state index contributed by atoms with van der Waals surface area (Å²) in [6.07, 6.45) is 15.4. The van der Waals surface area contributed by atoms with Crippen LogP contribution in [0.5, 0.6) is 0 Å². The van der Waals surface area contributed by atoms with Crippen molar-refractivity contribution in [2.75, 3.05) is 0 Å². The molecule has 0 aromatic carbocycles. The van der Waals surface area contributed by atoms with Crippen LogP contribution in [0.15, 0.2) is 0 Å². The molecule has 0 aliphatic heterocycles. The van der Waals surface area contributed by atoms with Crippen LogP contribution < -0.4 is 0 Å². The van der Waals surface area contributed by atoms with Crippen molar-refractivity contribution in [3.8, 4) is 0 Å². The SMILES string of the molecule is CCCCC[CH]C1(C)CCCCC1. The van der Waals surface area contributed by atoms with Crippen LogP contribution in [0.4, 0.5) is 0 Å². The van der Waals surface area contributed by atoms with Crippen molar-refractivity contribution < 1.29 is 0 Å². The first-order valence-corrected chi connectivity index (χ1v) is 6.11. The Bertz CT molecular complexity index is 120. The third kappa shape index (κ3) is 4.15. The van der Waals surface area contributed by atoms with Crippen molar-refractivity contribution in [2.24, 2.45) is 5.41 Å². The molecule has 1 radical (unpaired) electrons. The lowest BCUT2D eigenvalue weighted by Crippen LogP contribution is -2.20. The topological polar surface area (TPSA) is 0 Å². The Kier molecular flexibility index (Phi) is 4.83. The Labute approximate surface area is 84.1 Å². The zero-order valence-electron chi connectivity index (χ0n) is 9.44. The van der Waals surface area contributed by atoms with E-state index in [4.69, 9.17) is 0 Å². The van der Waals surface area contributed by atoms with Crippen LogP contribution in [0.2, 0.25) is 0 Å². The molecule has 1 rings (SSSR count). The summed E-state index contributed by atoms with van der Waals surface area (Å²) in [6, 6.07) is 0. The average molecular weight is 181 g/mol. The van der Waals surface area contributed by atoms with Gasteiger partial charge in [-0.15, -0.1) is 0 Å². The van der Waals surface area contributed by atoms with Gasteiger partial charge in [-0.05, 0) is 31.1 Å². The maximum Gasteiger partial charge on any atom is -0.0295 e. The summed E-state index contributed by atoms with van der Waals surface area (Å²) in [7, 11) is 0. The van der Waals surface area contributed by atoms with E-state index in [1.165, 1.54) is 57.8 Å². The fourth-order valence-electron chi connectivity index (χ4n) is 2.41. The van der Waals surface area contributed by atoms with Crippen molar-refractivity contribution in [1.82, 2.24) is 0 Å². The first-order valence-electron chi connectivity index (χ1n) is 6.11. The van der Waals surface area contributed by atoms with Crippen molar-refractivity contribution in [2.45, 2.75) is 71.6 Å². The van der Waals surface area contributed by atoms with Crippen LogP contribution in [0.1, 0.15) is 71.6 Å². The second-order valence-corrected chi connectivity index (χ2v) is 4.91. The normalized spacial score (nSPS) is 21.7. The zero-order valence-corrected chi connectivity index (χ0v) is 9.44. The van der Waals surface area contributed by atoms with Gasteiger partial charge in [-0.1, -0.05) is 52.4 Å². The van der Waals surface area contributed by atoms with Gasteiger partial charge in [0.05, 0.1) is 0 Å². The zero-order chi connectivity index (χ0) is 9.57. The molecule has 0 unspecified atom stereocenters. The number of unbranched alkanes of at least 4 members (excludes halogenated alkanes) is 3. The lowest BCUT2D eigenvalue weighted by atomic mass is 9.72. The van der Waals surface area contributed by atoms with Crippen molar-refractivity contribution in [3.05, 3.63) is 6.42 Å². The lowest BCUT2D eigenvalue weighted by molar-refractivity contribution is 0.253. The van der Waals surface area contributed by atoms with Crippen molar-refractivity contribution >= 4 is 0 Å². The van der Waals surface area contributed by atoms with E-state index in [0.29, 0.717) is 5.41 Å². The number of hydrogen-bond acceptors (Lipinski definition) is 0. The molecule has 1 aliphatic rings. The number of rotatable bonds is 5. The molecule has 0 N–H and O–H groups in total. The molecule has 77 valence electrons. The minimum absolute atomic E-state index is 0.603. The molecular formula is C13H25. The lowest BCUT2D eigenvalue weighted by Gasteiger charge is -2.33. The molecule has 0 amide bonds. The molecule has 0 saturated heterocycles. The largest absolute Gasteiger partial charge is 0.0654 e. The van der Waals surface area contributed by atoms with Gasteiger partial charge in [-0.25, -0.2) is 0 Å². The van der Waals surface area contributed by atoms with Gasteiger partial charge in [-0.3, -0.25) is 0 Å². The predicted molar refractivity (Wildman–Crippen MR) is 59.6 cm³/mol. The van der Waals surface area contributed by atoms with E-state index >= 15 is 0 Å². The number of hydrogen-bond donors (Lipinski definition) is 0. The van der Waals surface area contributed by atoms with E-state index in [1.807, 2.05) is 0 Å².